The van der Waals surface area contributed by atoms with Crippen LogP contribution in [0.3, 0.4) is 0 Å². The van der Waals surface area contributed by atoms with E-state index in [9.17, 15) is 14.4 Å². The van der Waals surface area contributed by atoms with Gasteiger partial charge in [-0.25, -0.2) is 4.98 Å². The van der Waals surface area contributed by atoms with Crippen molar-refractivity contribution in [2.24, 2.45) is 5.92 Å². The first-order valence-electron chi connectivity index (χ1n) is 9.62. The lowest BCUT2D eigenvalue weighted by Crippen LogP contribution is -2.51. The zero-order valence-electron chi connectivity index (χ0n) is 15.3. The molecule has 144 valence electrons. The molecule has 0 spiro atoms. The first-order chi connectivity index (χ1) is 13.1. The first-order valence-corrected chi connectivity index (χ1v) is 10.5. The molecule has 8 heteroatoms. The minimum Gasteiger partial charge on any atom is -0.339 e. The highest BCUT2D eigenvalue weighted by Crippen LogP contribution is 2.27. The van der Waals surface area contributed by atoms with Gasteiger partial charge < -0.3 is 9.80 Å². The highest BCUT2D eigenvalue weighted by atomic mass is 32.1. The van der Waals surface area contributed by atoms with Crippen molar-refractivity contribution < 1.29 is 9.59 Å². The quantitative estimate of drug-likeness (QED) is 0.799. The first kappa shape index (κ1) is 18.2. The van der Waals surface area contributed by atoms with Crippen LogP contribution < -0.4 is 5.56 Å². The molecule has 0 radical (unpaired) electrons. The molecule has 1 saturated carbocycles. The molecule has 1 aliphatic heterocycles. The third-order valence-electron chi connectivity index (χ3n) is 5.67. The number of nitrogens with zero attached hydrogens (tertiary/aromatic N) is 4. The van der Waals surface area contributed by atoms with Crippen molar-refractivity contribution in [3.8, 4) is 0 Å². The highest BCUT2D eigenvalue weighted by molar-refractivity contribution is 7.16. The fourth-order valence-corrected chi connectivity index (χ4v) is 4.76. The van der Waals surface area contributed by atoms with E-state index in [1.165, 1.54) is 22.2 Å². The zero-order chi connectivity index (χ0) is 18.8. The van der Waals surface area contributed by atoms with Crippen LogP contribution in [0.15, 0.2) is 22.6 Å². The van der Waals surface area contributed by atoms with Crippen LogP contribution in [0, 0.1) is 5.92 Å². The molecule has 0 N–H and O–H groups in total. The summed E-state index contributed by atoms with van der Waals surface area (Å²) in [5.74, 6) is 0.486. The summed E-state index contributed by atoms with van der Waals surface area (Å²) in [6, 6.07) is 1.77. The van der Waals surface area contributed by atoms with E-state index < -0.39 is 0 Å². The van der Waals surface area contributed by atoms with Gasteiger partial charge in [-0.3, -0.25) is 19.0 Å². The van der Waals surface area contributed by atoms with Crippen LogP contribution in [0.4, 0.5) is 0 Å². The molecule has 0 aromatic carbocycles. The average molecular weight is 388 g/mol. The standard InChI is InChI=1S/C19H24N4O3S/c24-16(5-7-23-13-20-17-15(19(23)26)6-12-27-17)21-8-10-22(11-9-21)18(25)14-3-1-2-4-14/h6,12-14H,1-5,7-11H2. The van der Waals surface area contributed by atoms with E-state index in [-0.39, 0.29) is 29.7 Å². The molecular formula is C19H24N4O3S. The van der Waals surface area contributed by atoms with Crippen LogP contribution in [-0.2, 0) is 16.1 Å². The van der Waals surface area contributed by atoms with E-state index in [1.807, 2.05) is 10.3 Å². The molecule has 3 heterocycles. The Kier molecular flexibility index (Phi) is 5.24. The van der Waals surface area contributed by atoms with Crippen LogP contribution >= 0.6 is 11.3 Å². The van der Waals surface area contributed by atoms with Gasteiger partial charge in [-0.1, -0.05) is 12.8 Å². The van der Waals surface area contributed by atoms with E-state index >= 15 is 0 Å². The average Bonchev–Trinajstić information content (AvgIpc) is 3.39. The number of rotatable bonds is 4. The lowest BCUT2D eigenvalue weighted by Gasteiger charge is -2.36. The van der Waals surface area contributed by atoms with Crippen molar-refractivity contribution in [3.63, 3.8) is 0 Å². The summed E-state index contributed by atoms with van der Waals surface area (Å²) < 4.78 is 1.51. The summed E-state index contributed by atoms with van der Waals surface area (Å²) in [5.41, 5.74) is -0.0963. The van der Waals surface area contributed by atoms with Crippen molar-refractivity contribution in [1.82, 2.24) is 19.4 Å². The zero-order valence-corrected chi connectivity index (χ0v) is 16.1. The Balaban J connectivity index is 1.29. The lowest BCUT2D eigenvalue weighted by atomic mass is 10.1. The monoisotopic (exact) mass is 388 g/mol. The van der Waals surface area contributed by atoms with Crippen LogP contribution in [-0.4, -0.2) is 57.3 Å². The van der Waals surface area contributed by atoms with Gasteiger partial charge >= 0.3 is 0 Å². The van der Waals surface area contributed by atoms with Crippen LogP contribution in [0.1, 0.15) is 32.1 Å². The molecule has 2 aromatic heterocycles. The largest absolute Gasteiger partial charge is 0.339 e. The number of thiophene rings is 1. The summed E-state index contributed by atoms with van der Waals surface area (Å²) in [6.07, 6.45) is 6.12. The maximum Gasteiger partial charge on any atom is 0.262 e. The minimum absolute atomic E-state index is 0.0280. The van der Waals surface area contributed by atoms with Crippen molar-refractivity contribution >= 4 is 33.4 Å². The molecule has 0 atom stereocenters. The van der Waals surface area contributed by atoms with E-state index in [0.29, 0.717) is 38.1 Å². The topological polar surface area (TPSA) is 75.5 Å². The number of amides is 2. The number of hydrogen-bond donors (Lipinski definition) is 0. The molecule has 2 fully saturated rings. The summed E-state index contributed by atoms with van der Waals surface area (Å²) >= 11 is 1.44. The Hall–Kier alpha value is -2.22. The normalized spacial score (nSPS) is 18.4. The van der Waals surface area contributed by atoms with Gasteiger partial charge in [-0.2, -0.15) is 0 Å². The number of carbonyl (C=O) groups is 2. The molecule has 1 aliphatic carbocycles. The molecule has 4 rings (SSSR count). The second-order valence-corrected chi connectivity index (χ2v) is 8.21. The fourth-order valence-electron chi connectivity index (χ4n) is 4.03. The minimum atomic E-state index is -0.0963. The molecule has 0 bridgehead atoms. The van der Waals surface area contributed by atoms with E-state index in [4.69, 9.17) is 0 Å². The van der Waals surface area contributed by atoms with E-state index in [0.717, 1.165) is 30.5 Å². The number of fused-ring (bicyclic) bond motifs is 1. The SMILES string of the molecule is O=C(CCn1cnc2sccc2c1=O)N1CCN(C(=O)C2CCCC2)CC1. The van der Waals surface area contributed by atoms with Crippen LogP contribution in [0.2, 0.25) is 0 Å². The predicted octanol–water partition coefficient (Wildman–Crippen LogP) is 1.71. The maximum absolute atomic E-state index is 12.5. The molecule has 1 saturated heterocycles. The number of piperazine rings is 1. The van der Waals surface area contributed by atoms with Crippen molar-refractivity contribution in [2.75, 3.05) is 26.2 Å². The summed E-state index contributed by atoms with van der Waals surface area (Å²) in [7, 11) is 0. The molecule has 7 nitrogen and oxygen atoms in total. The van der Waals surface area contributed by atoms with Gasteiger partial charge in [0.15, 0.2) is 0 Å². The molecular weight excluding hydrogens is 364 g/mol. The second kappa shape index (κ2) is 7.80. The molecule has 2 aromatic rings. The second-order valence-electron chi connectivity index (χ2n) is 7.32. The van der Waals surface area contributed by atoms with Gasteiger partial charge in [0.25, 0.3) is 5.56 Å². The molecule has 2 aliphatic rings. The van der Waals surface area contributed by atoms with Gasteiger partial charge in [-0.05, 0) is 24.3 Å². The Morgan fingerprint density at radius 2 is 1.81 bits per heavy atom. The van der Waals surface area contributed by atoms with Crippen molar-refractivity contribution in [1.29, 1.82) is 0 Å². The number of hydrogen-bond acceptors (Lipinski definition) is 5. The van der Waals surface area contributed by atoms with Crippen molar-refractivity contribution in [3.05, 3.63) is 28.1 Å². The molecule has 2 amide bonds. The summed E-state index contributed by atoms with van der Waals surface area (Å²) in [4.78, 5) is 46.1. The molecule has 27 heavy (non-hydrogen) atoms. The fraction of sp³-hybridized carbons (Fsp3) is 0.579. The summed E-state index contributed by atoms with van der Waals surface area (Å²) in [5, 5.41) is 2.45. The Labute approximate surface area is 161 Å². The Morgan fingerprint density at radius 3 is 2.56 bits per heavy atom. The Morgan fingerprint density at radius 1 is 1.11 bits per heavy atom. The third-order valence-corrected chi connectivity index (χ3v) is 6.49. The predicted molar refractivity (Wildman–Crippen MR) is 104 cm³/mol. The smallest absolute Gasteiger partial charge is 0.262 e. The van der Waals surface area contributed by atoms with Gasteiger partial charge in [0.1, 0.15) is 4.83 Å². The third kappa shape index (κ3) is 3.76. The van der Waals surface area contributed by atoms with E-state index in [2.05, 4.69) is 4.98 Å². The van der Waals surface area contributed by atoms with Crippen molar-refractivity contribution in [2.45, 2.75) is 38.6 Å². The van der Waals surface area contributed by atoms with Gasteiger partial charge in [-0.15, -0.1) is 11.3 Å². The van der Waals surface area contributed by atoms with Gasteiger partial charge in [0.05, 0.1) is 11.7 Å². The Bertz CT molecular complexity index is 892. The van der Waals surface area contributed by atoms with Crippen LogP contribution in [0.25, 0.3) is 10.2 Å². The summed E-state index contributed by atoms with van der Waals surface area (Å²) in [6.45, 7) is 2.71. The van der Waals surface area contributed by atoms with E-state index in [1.54, 1.807) is 11.0 Å². The lowest BCUT2D eigenvalue weighted by molar-refractivity contribution is -0.142. The highest BCUT2D eigenvalue weighted by Gasteiger charge is 2.30. The number of carbonyl (C=O) groups excluding carboxylic acids is 2. The maximum atomic E-state index is 12.5. The number of aryl methyl sites for hydroxylation is 1. The van der Waals surface area contributed by atoms with Gasteiger partial charge in [0.2, 0.25) is 11.8 Å². The molecule has 0 unspecified atom stereocenters. The van der Waals surface area contributed by atoms with Crippen LogP contribution in [0.5, 0.6) is 0 Å². The number of aromatic nitrogens is 2. The van der Waals surface area contributed by atoms with Gasteiger partial charge in [0, 0.05) is 45.1 Å².